The Labute approximate surface area is 137 Å². The summed E-state index contributed by atoms with van der Waals surface area (Å²) in [7, 11) is 3.26. The van der Waals surface area contributed by atoms with Gasteiger partial charge in [0.2, 0.25) is 0 Å². The average molecular weight is 322 g/mol. The fourth-order valence-corrected chi connectivity index (χ4v) is 2.19. The van der Waals surface area contributed by atoms with E-state index in [4.69, 9.17) is 14.6 Å². The summed E-state index contributed by atoms with van der Waals surface area (Å²) in [5, 5.41) is 12.3. The van der Waals surface area contributed by atoms with Crippen molar-refractivity contribution in [3.63, 3.8) is 0 Å². The summed E-state index contributed by atoms with van der Waals surface area (Å²) < 4.78 is 10.5. The third kappa shape index (κ3) is 6.61. The van der Waals surface area contributed by atoms with Crippen molar-refractivity contribution in [2.24, 2.45) is 0 Å². The molecule has 1 amide bonds. The molecule has 0 bridgehead atoms. The van der Waals surface area contributed by atoms with Gasteiger partial charge in [-0.25, -0.2) is 4.79 Å². The molecule has 2 N–H and O–H groups in total. The molecule has 6 heteroatoms. The van der Waals surface area contributed by atoms with Gasteiger partial charge in [0.25, 0.3) is 0 Å². The number of carboxylic acid groups (broad SMARTS) is 1. The second kappa shape index (κ2) is 10.5. The van der Waals surface area contributed by atoms with Gasteiger partial charge in [-0.05, 0) is 25.5 Å². The molecule has 0 atom stereocenters. The molecule has 0 heterocycles. The minimum absolute atomic E-state index is 0.367. The number of benzene rings is 1. The Kier molecular flexibility index (Phi) is 8.60. The molecule has 0 aliphatic heterocycles. The largest absolute Gasteiger partial charge is 0.497 e. The van der Waals surface area contributed by atoms with Crippen LogP contribution in [0.1, 0.15) is 18.4 Å². The molecule has 128 valence electrons. The number of hydrogen-bond donors (Lipinski definition) is 2. The minimum atomic E-state index is -0.902. The normalized spacial score (nSPS) is 10.2. The van der Waals surface area contributed by atoms with Crippen LogP contribution in [0.15, 0.2) is 30.9 Å². The molecule has 1 aromatic rings. The highest BCUT2D eigenvalue weighted by Gasteiger charge is 2.08. The van der Waals surface area contributed by atoms with Crippen molar-refractivity contribution in [1.29, 1.82) is 0 Å². The zero-order valence-corrected chi connectivity index (χ0v) is 13.9. The highest BCUT2D eigenvalue weighted by Crippen LogP contribution is 2.24. The summed E-state index contributed by atoms with van der Waals surface area (Å²) in [6.45, 7) is 5.97. The van der Waals surface area contributed by atoms with Gasteiger partial charge in [-0.1, -0.05) is 12.1 Å². The van der Waals surface area contributed by atoms with Gasteiger partial charge < -0.3 is 24.8 Å². The third-order valence-corrected chi connectivity index (χ3v) is 3.46. The first-order valence-electron chi connectivity index (χ1n) is 7.62. The topological polar surface area (TPSA) is 71.0 Å². The van der Waals surface area contributed by atoms with Crippen molar-refractivity contribution in [1.82, 2.24) is 10.2 Å². The first-order chi connectivity index (χ1) is 11.1. The number of amides is 1. The second-order valence-electron chi connectivity index (χ2n) is 5.08. The molecule has 0 saturated heterocycles. The average Bonchev–Trinajstić information content (AvgIpc) is 2.56. The molecule has 1 rings (SSSR count). The molecule has 0 aromatic heterocycles. The van der Waals surface area contributed by atoms with E-state index in [1.54, 1.807) is 20.3 Å². The van der Waals surface area contributed by atoms with Crippen LogP contribution in [0.4, 0.5) is 4.79 Å². The van der Waals surface area contributed by atoms with Crippen LogP contribution < -0.4 is 14.8 Å². The Morgan fingerprint density at radius 1 is 1.35 bits per heavy atom. The van der Waals surface area contributed by atoms with Gasteiger partial charge in [-0.3, -0.25) is 0 Å². The Balaban J connectivity index is 2.29. The smallest absolute Gasteiger partial charge is 0.407 e. The van der Waals surface area contributed by atoms with E-state index in [0.717, 1.165) is 36.4 Å². The van der Waals surface area contributed by atoms with Gasteiger partial charge >= 0.3 is 6.09 Å². The first-order valence-corrected chi connectivity index (χ1v) is 7.62. The summed E-state index contributed by atoms with van der Waals surface area (Å²) in [6.07, 6.45) is 2.41. The summed E-state index contributed by atoms with van der Waals surface area (Å²) in [4.78, 5) is 12.3. The van der Waals surface area contributed by atoms with Crippen LogP contribution in [-0.2, 0) is 6.54 Å². The van der Waals surface area contributed by atoms with Crippen LogP contribution >= 0.6 is 0 Å². The number of nitrogens with one attached hydrogen (secondary N) is 1. The molecule has 6 nitrogen and oxygen atoms in total. The van der Waals surface area contributed by atoms with Gasteiger partial charge in [-0.15, -0.1) is 6.58 Å². The van der Waals surface area contributed by atoms with E-state index in [1.165, 1.54) is 4.90 Å². The standard InChI is InChI=1S/C17H26N2O4/c1-4-10-19(17(20)21)11-6-5-9-18-13-14-7-8-15(22-2)12-16(14)23-3/h4,7-8,12,18H,1,5-6,9-11,13H2,2-3H3,(H,20,21). The van der Waals surface area contributed by atoms with Crippen LogP contribution in [-0.4, -0.2) is 50.0 Å². The predicted molar refractivity (Wildman–Crippen MR) is 90.3 cm³/mol. The Bertz CT molecular complexity index is 505. The maximum Gasteiger partial charge on any atom is 0.407 e. The van der Waals surface area contributed by atoms with E-state index in [1.807, 2.05) is 18.2 Å². The van der Waals surface area contributed by atoms with Crippen molar-refractivity contribution in [3.8, 4) is 11.5 Å². The number of rotatable bonds is 11. The molecule has 23 heavy (non-hydrogen) atoms. The van der Waals surface area contributed by atoms with E-state index >= 15 is 0 Å². The van der Waals surface area contributed by atoms with E-state index in [2.05, 4.69) is 11.9 Å². The van der Waals surface area contributed by atoms with Crippen LogP contribution in [0.5, 0.6) is 11.5 Å². The molecule has 0 unspecified atom stereocenters. The van der Waals surface area contributed by atoms with Crippen LogP contribution in [0.3, 0.4) is 0 Å². The highest BCUT2D eigenvalue weighted by molar-refractivity contribution is 5.65. The molecule has 0 radical (unpaired) electrons. The van der Waals surface area contributed by atoms with Crippen LogP contribution in [0.25, 0.3) is 0 Å². The molecule has 1 aromatic carbocycles. The third-order valence-electron chi connectivity index (χ3n) is 3.46. The number of unbranched alkanes of at least 4 members (excludes halogenated alkanes) is 1. The Hall–Kier alpha value is -2.21. The van der Waals surface area contributed by atoms with Crippen molar-refractivity contribution in [2.45, 2.75) is 19.4 Å². The maximum atomic E-state index is 11.0. The van der Waals surface area contributed by atoms with E-state index in [-0.39, 0.29) is 0 Å². The first kappa shape index (κ1) is 18.8. The number of methoxy groups -OCH3 is 2. The number of carbonyl (C=O) groups is 1. The van der Waals surface area contributed by atoms with Crippen molar-refractivity contribution in [3.05, 3.63) is 36.4 Å². The van der Waals surface area contributed by atoms with Gasteiger partial charge in [0.05, 0.1) is 14.2 Å². The zero-order chi connectivity index (χ0) is 17.1. The zero-order valence-electron chi connectivity index (χ0n) is 13.9. The van der Waals surface area contributed by atoms with Gasteiger partial charge in [-0.2, -0.15) is 0 Å². The second-order valence-corrected chi connectivity index (χ2v) is 5.08. The highest BCUT2D eigenvalue weighted by atomic mass is 16.5. The molecular formula is C17H26N2O4. The number of nitrogens with zero attached hydrogens (tertiary/aromatic N) is 1. The van der Waals surface area contributed by atoms with Gasteiger partial charge in [0.1, 0.15) is 11.5 Å². The summed E-state index contributed by atoms with van der Waals surface area (Å²) in [5.74, 6) is 1.56. The fraction of sp³-hybridized carbons (Fsp3) is 0.471. The molecule has 0 aliphatic rings. The lowest BCUT2D eigenvalue weighted by molar-refractivity contribution is 0.149. The Morgan fingerprint density at radius 2 is 2.13 bits per heavy atom. The molecule has 0 fully saturated rings. The van der Waals surface area contributed by atoms with Crippen molar-refractivity contribution in [2.75, 3.05) is 33.9 Å². The molecule has 0 aliphatic carbocycles. The monoisotopic (exact) mass is 322 g/mol. The lowest BCUT2D eigenvalue weighted by atomic mass is 10.2. The van der Waals surface area contributed by atoms with E-state index in [0.29, 0.717) is 19.6 Å². The lowest BCUT2D eigenvalue weighted by Gasteiger charge is -2.17. The lowest BCUT2D eigenvalue weighted by Crippen LogP contribution is -2.31. The predicted octanol–water partition coefficient (Wildman–Crippen LogP) is 2.74. The Morgan fingerprint density at radius 3 is 2.74 bits per heavy atom. The summed E-state index contributed by atoms with van der Waals surface area (Å²) in [5.41, 5.74) is 1.06. The number of hydrogen-bond acceptors (Lipinski definition) is 4. The van der Waals surface area contributed by atoms with Crippen LogP contribution in [0, 0.1) is 0 Å². The summed E-state index contributed by atoms with van der Waals surface area (Å²) >= 11 is 0. The van der Waals surface area contributed by atoms with Gasteiger partial charge in [0.15, 0.2) is 0 Å². The quantitative estimate of drug-likeness (QED) is 0.484. The van der Waals surface area contributed by atoms with Crippen LogP contribution in [0.2, 0.25) is 0 Å². The van der Waals surface area contributed by atoms with E-state index in [9.17, 15) is 4.79 Å². The SMILES string of the molecule is C=CCN(CCCCNCc1ccc(OC)cc1OC)C(=O)O. The van der Waals surface area contributed by atoms with E-state index < -0.39 is 6.09 Å². The van der Waals surface area contributed by atoms with Crippen molar-refractivity contribution < 1.29 is 19.4 Å². The van der Waals surface area contributed by atoms with Gasteiger partial charge in [0, 0.05) is 31.3 Å². The number of ether oxygens (including phenoxy) is 2. The maximum absolute atomic E-state index is 11.0. The molecule has 0 saturated carbocycles. The summed E-state index contributed by atoms with van der Waals surface area (Å²) in [6, 6.07) is 5.73. The minimum Gasteiger partial charge on any atom is -0.497 e. The molecular weight excluding hydrogens is 296 g/mol. The fourth-order valence-electron chi connectivity index (χ4n) is 2.19. The van der Waals surface area contributed by atoms with Crippen molar-refractivity contribution >= 4 is 6.09 Å². The molecule has 0 spiro atoms.